The molecule has 16 heavy (non-hydrogen) atoms. The molecule has 0 saturated heterocycles. The highest BCUT2D eigenvalue weighted by molar-refractivity contribution is 6.34. The first-order chi connectivity index (χ1) is 7.70. The first-order valence-corrected chi connectivity index (χ1v) is 5.59. The van der Waals surface area contributed by atoms with Crippen molar-refractivity contribution < 1.29 is 4.79 Å². The van der Waals surface area contributed by atoms with Gasteiger partial charge in [-0.3, -0.25) is 4.79 Å². The quantitative estimate of drug-likeness (QED) is 0.814. The number of H-pyrrole nitrogens is 1. The fourth-order valence-electron chi connectivity index (χ4n) is 1.99. The van der Waals surface area contributed by atoms with E-state index < -0.39 is 0 Å². The molecule has 1 aliphatic carbocycles. The van der Waals surface area contributed by atoms with Gasteiger partial charge in [0.15, 0.2) is 6.29 Å². The highest BCUT2D eigenvalue weighted by Crippen LogP contribution is 2.43. The molecule has 0 spiro atoms. The Morgan fingerprint density at radius 2 is 2.19 bits per heavy atom. The Kier molecular flexibility index (Phi) is 2.01. The van der Waals surface area contributed by atoms with Crippen LogP contribution < -0.4 is 0 Å². The third-order valence-electron chi connectivity index (χ3n) is 2.86. The summed E-state index contributed by atoms with van der Waals surface area (Å²) in [6.07, 6.45) is 3.03. The van der Waals surface area contributed by atoms with Crippen LogP contribution in [0.25, 0.3) is 11.0 Å². The highest BCUT2D eigenvalue weighted by atomic mass is 35.5. The summed E-state index contributed by atoms with van der Waals surface area (Å²) in [6, 6.07) is 0. The molecule has 1 fully saturated rings. The van der Waals surface area contributed by atoms with E-state index in [0.717, 1.165) is 30.2 Å². The molecule has 0 aliphatic heterocycles. The Morgan fingerprint density at radius 3 is 2.81 bits per heavy atom. The van der Waals surface area contributed by atoms with E-state index in [9.17, 15) is 4.79 Å². The predicted octanol–water partition coefficient (Wildman–Crippen LogP) is 2.61. The van der Waals surface area contributed by atoms with Gasteiger partial charge in [-0.15, -0.1) is 0 Å². The van der Waals surface area contributed by atoms with Crippen molar-refractivity contribution in [2.75, 3.05) is 0 Å². The van der Waals surface area contributed by atoms with E-state index in [4.69, 9.17) is 11.6 Å². The smallest absolute Gasteiger partial charge is 0.153 e. The number of carbonyl (C=O) groups excluding carboxylic acids is 1. The van der Waals surface area contributed by atoms with E-state index >= 15 is 0 Å². The van der Waals surface area contributed by atoms with E-state index in [2.05, 4.69) is 15.0 Å². The monoisotopic (exact) mass is 235 g/mol. The predicted molar refractivity (Wildman–Crippen MR) is 61.0 cm³/mol. The number of hydrogen-bond acceptors (Lipinski definition) is 3. The third-order valence-corrected chi connectivity index (χ3v) is 3.16. The van der Waals surface area contributed by atoms with Gasteiger partial charge < -0.3 is 4.98 Å². The second kappa shape index (κ2) is 3.28. The molecule has 2 aromatic rings. The maximum atomic E-state index is 11.0. The summed E-state index contributed by atoms with van der Waals surface area (Å²) in [6.45, 7) is 1.85. The molecule has 5 heteroatoms. The molecule has 1 aliphatic rings. The molecule has 0 amide bonds. The molecular formula is C11H10ClN3O. The Bertz CT molecular complexity index is 586. The molecule has 2 heterocycles. The molecule has 0 atom stereocenters. The average Bonchev–Trinajstić information content (AvgIpc) is 3.01. The van der Waals surface area contributed by atoms with Crippen molar-refractivity contribution in [2.45, 2.75) is 25.7 Å². The number of aryl methyl sites for hydroxylation is 1. The van der Waals surface area contributed by atoms with E-state index in [1.165, 1.54) is 0 Å². The first kappa shape index (κ1) is 9.78. The minimum absolute atomic E-state index is 0.354. The molecular weight excluding hydrogens is 226 g/mol. The van der Waals surface area contributed by atoms with Gasteiger partial charge in [0.2, 0.25) is 0 Å². The van der Waals surface area contributed by atoms with Crippen LogP contribution in [0.4, 0.5) is 0 Å². The van der Waals surface area contributed by atoms with Gasteiger partial charge in [0.05, 0.1) is 16.6 Å². The lowest BCUT2D eigenvalue weighted by Crippen LogP contribution is -1.96. The Balaban J connectivity index is 2.40. The van der Waals surface area contributed by atoms with Crippen LogP contribution in [0.3, 0.4) is 0 Å². The molecule has 2 aromatic heterocycles. The van der Waals surface area contributed by atoms with Crippen LogP contribution >= 0.6 is 11.6 Å². The number of rotatable bonds is 2. The normalized spacial score (nSPS) is 15.6. The number of halogens is 1. The van der Waals surface area contributed by atoms with Gasteiger partial charge in [0.1, 0.15) is 16.6 Å². The molecule has 0 radical (unpaired) electrons. The largest absolute Gasteiger partial charge is 0.330 e. The average molecular weight is 236 g/mol. The number of aromatic nitrogens is 3. The summed E-state index contributed by atoms with van der Waals surface area (Å²) in [7, 11) is 0. The van der Waals surface area contributed by atoms with Gasteiger partial charge in [-0.2, -0.15) is 0 Å². The zero-order valence-corrected chi connectivity index (χ0v) is 9.51. The molecule has 4 nitrogen and oxygen atoms in total. The van der Waals surface area contributed by atoms with Crippen LogP contribution in [0.1, 0.15) is 40.6 Å². The van der Waals surface area contributed by atoms with Gasteiger partial charge in [-0.05, 0) is 19.8 Å². The number of nitrogens with zero attached hydrogens (tertiary/aromatic N) is 2. The highest BCUT2D eigenvalue weighted by Gasteiger charge is 2.29. The lowest BCUT2D eigenvalue weighted by molar-refractivity contribution is 0.112. The number of aromatic amines is 1. The second-order valence-electron chi connectivity index (χ2n) is 4.12. The van der Waals surface area contributed by atoms with Crippen molar-refractivity contribution in [3.05, 3.63) is 22.2 Å². The zero-order chi connectivity index (χ0) is 11.3. The van der Waals surface area contributed by atoms with Gasteiger partial charge in [0, 0.05) is 5.92 Å². The van der Waals surface area contributed by atoms with Gasteiger partial charge in [0.25, 0.3) is 0 Å². The minimum Gasteiger partial charge on any atom is -0.330 e. The summed E-state index contributed by atoms with van der Waals surface area (Å²) < 4.78 is 0. The molecule has 3 rings (SSSR count). The summed E-state index contributed by atoms with van der Waals surface area (Å²) >= 11 is 5.96. The number of fused-ring (bicyclic) bond motifs is 1. The van der Waals surface area contributed by atoms with E-state index in [1.54, 1.807) is 0 Å². The van der Waals surface area contributed by atoms with Crippen molar-refractivity contribution in [2.24, 2.45) is 0 Å². The van der Waals surface area contributed by atoms with E-state index in [1.807, 2.05) is 6.92 Å². The maximum absolute atomic E-state index is 11.0. The van der Waals surface area contributed by atoms with Gasteiger partial charge in [-0.25, -0.2) is 9.97 Å². The summed E-state index contributed by atoms with van der Waals surface area (Å²) in [4.78, 5) is 22.7. The topological polar surface area (TPSA) is 58.6 Å². The Hall–Kier alpha value is -1.42. The molecule has 1 saturated carbocycles. The van der Waals surface area contributed by atoms with Crippen molar-refractivity contribution >= 4 is 28.9 Å². The number of nitrogens with one attached hydrogen (secondary N) is 1. The standard InChI is InChI=1S/C11H10ClN3O/c1-5-13-9(6-2-3-6)8-7(4-16)10(12)15-11(8)14-5/h4,6H,2-3H2,1H3,(H,13,14,15). The lowest BCUT2D eigenvalue weighted by Gasteiger charge is -2.01. The first-order valence-electron chi connectivity index (χ1n) is 5.21. The lowest BCUT2D eigenvalue weighted by atomic mass is 10.1. The van der Waals surface area contributed by atoms with E-state index in [-0.39, 0.29) is 0 Å². The van der Waals surface area contributed by atoms with Crippen molar-refractivity contribution in [3.8, 4) is 0 Å². The molecule has 0 aromatic carbocycles. The summed E-state index contributed by atoms with van der Waals surface area (Å²) in [5.74, 6) is 1.18. The minimum atomic E-state index is 0.354. The van der Waals surface area contributed by atoms with Crippen LogP contribution in [0.2, 0.25) is 5.15 Å². The maximum Gasteiger partial charge on any atom is 0.153 e. The summed E-state index contributed by atoms with van der Waals surface area (Å²) in [5.41, 5.74) is 2.12. The number of carbonyl (C=O) groups is 1. The van der Waals surface area contributed by atoms with Crippen LogP contribution in [0.15, 0.2) is 0 Å². The van der Waals surface area contributed by atoms with Crippen molar-refractivity contribution in [3.63, 3.8) is 0 Å². The zero-order valence-electron chi connectivity index (χ0n) is 8.75. The van der Waals surface area contributed by atoms with Crippen molar-refractivity contribution in [1.29, 1.82) is 0 Å². The second-order valence-corrected chi connectivity index (χ2v) is 4.50. The Labute approximate surface area is 97.0 Å². The molecule has 1 N–H and O–H groups in total. The molecule has 82 valence electrons. The SMILES string of the molecule is Cc1nc(C2CC2)c2c(C=O)c(Cl)[nH]c2n1. The van der Waals surface area contributed by atoms with Crippen LogP contribution in [-0.2, 0) is 0 Å². The van der Waals surface area contributed by atoms with Crippen LogP contribution in [0, 0.1) is 6.92 Å². The van der Waals surface area contributed by atoms with Gasteiger partial charge in [-0.1, -0.05) is 11.6 Å². The van der Waals surface area contributed by atoms with Crippen LogP contribution in [-0.4, -0.2) is 21.2 Å². The molecule has 0 unspecified atom stereocenters. The third kappa shape index (κ3) is 1.33. The van der Waals surface area contributed by atoms with Crippen LogP contribution in [0.5, 0.6) is 0 Å². The number of hydrogen-bond donors (Lipinski definition) is 1. The van der Waals surface area contributed by atoms with E-state index in [0.29, 0.717) is 28.1 Å². The van der Waals surface area contributed by atoms with Gasteiger partial charge >= 0.3 is 0 Å². The summed E-state index contributed by atoms with van der Waals surface area (Å²) in [5, 5.41) is 1.15. The van der Waals surface area contributed by atoms with Crippen molar-refractivity contribution in [1.82, 2.24) is 15.0 Å². The fraction of sp³-hybridized carbons (Fsp3) is 0.364. The Morgan fingerprint density at radius 1 is 1.44 bits per heavy atom. The number of aldehydes is 1. The fourth-order valence-corrected chi connectivity index (χ4v) is 2.22. The molecule has 0 bridgehead atoms.